The van der Waals surface area contributed by atoms with Gasteiger partial charge in [-0.2, -0.15) is 0 Å². The first kappa shape index (κ1) is 49.3. The van der Waals surface area contributed by atoms with Gasteiger partial charge in [-0.1, -0.05) is 202 Å². The third-order valence-electron chi connectivity index (χ3n) is 13.6. The molecule has 0 amide bonds. The van der Waals surface area contributed by atoms with Crippen LogP contribution in [-0.2, 0) is 25.5 Å². The van der Waals surface area contributed by atoms with Crippen molar-refractivity contribution in [3.8, 4) is 89.3 Å². The number of hydrogen-bond acceptors (Lipinski definition) is 3. The average molecular weight is 1130 g/mol. The summed E-state index contributed by atoms with van der Waals surface area (Å²) in [4.78, 5) is 9.45. The topological polar surface area (TPSA) is 38.9 Å². The van der Waals surface area contributed by atoms with Gasteiger partial charge >= 0.3 is 0 Å². The van der Waals surface area contributed by atoms with E-state index in [4.69, 9.17) is 9.40 Å². The van der Waals surface area contributed by atoms with Gasteiger partial charge in [-0.15, -0.1) is 71.3 Å². The molecule has 0 aliphatic carbocycles. The molecule has 3 heterocycles. The summed E-state index contributed by atoms with van der Waals surface area (Å²) in [5, 5.41) is 2.18. The summed E-state index contributed by atoms with van der Waals surface area (Å²) in [5.41, 5.74) is 22.8. The number of hydrogen-bond donors (Lipinski definition) is 0. The van der Waals surface area contributed by atoms with Crippen molar-refractivity contribution in [3.05, 3.63) is 266 Å². The van der Waals surface area contributed by atoms with Crippen LogP contribution in [0.5, 0.6) is 0 Å². The van der Waals surface area contributed by atoms with Crippen LogP contribution in [0, 0.1) is 26.0 Å². The minimum absolute atomic E-state index is 0. The number of nitrogens with zero attached hydrogens (tertiary/aromatic N) is 2. The molecule has 0 saturated carbocycles. The molecular weight excluding hydrogens is 1080 g/mol. The van der Waals surface area contributed by atoms with E-state index in [0.29, 0.717) is 0 Å². The van der Waals surface area contributed by atoms with Gasteiger partial charge in [0.15, 0.2) is 0 Å². The fourth-order valence-electron chi connectivity index (χ4n) is 9.88. The number of rotatable bonds is 8. The fourth-order valence-corrected chi connectivity index (χ4v) is 9.88. The van der Waals surface area contributed by atoms with E-state index < -0.39 is 0 Å². The van der Waals surface area contributed by atoms with Crippen molar-refractivity contribution in [2.75, 3.05) is 0 Å². The molecule has 361 valence electrons. The van der Waals surface area contributed by atoms with Gasteiger partial charge in [0.25, 0.3) is 0 Å². The molecule has 0 spiro atoms. The second-order valence-electron chi connectivity index (χ2n) is 19.7. The maximum Gasteiger partial charge on any atom is 0.143 e. The van der Waals surface area contributed by atoms with Crippen LogP contribution in [0.25, 0.3) is 111 Å². The predicted octanol–water partition coefficient (Wildman–Crippen LogP) is 18.9. The van der Waals surface area contributed by atoms with Gasteiger partial charge in [0.2, 0.25) is 0 Å². The molecule has 9 aromatic carbocycles. The molecule has 3 aromatic heterocycles. The van der Waals surface area contributed by atoms with Crippen LogP contribution in [0.1, 0.15) is 37.5 Å². The van der Waals surface area contributed by atoms with Crippen molar-refractivity contribution in [1.29, 1.82) is 0 Å². The zero-order valence-electron chi connectivity index (χ0n) is 42.2. The molecule has 1 radical (unpaired) electrons. The van der Waals surface area contributed by atoms with Crippen molar-refractivity contribution in [1.82, 2.24) is 9.97 Å². The minimum atomic E-state index is 0. The van der Waals surface area contributed by atoms with Crippen LogP contribution < -0.4 is 0 Å². The number of aryl methyl sites for hydroxylation is 2. The number of para-hydroxylation sites is 2. The van der Waals surface area contributed by atoms with Crippen LogP contribution in [0.2, 0.25) is 0 Å². The number of fused-ring (bicyclic) bond motifs is 3. The zero-order valence-corrected chi connectivity index (χ0v) is 44.5. The van der Waals surface area contributed by atoms with Gasteiger partial charge in [-0.25, -0.2) is 0 Å². The quantitative estimate of drug-likeness (QED) is 0.142. The molecular formula is C70H54IrN2O-2. The Morgan fingerprint density at radius 3 is 1.49 bits per heavy atom. The Labute approximate surface area is 448 Å². The van der Waals surface area contributed by atoms with Crippen molar-refractivity contribution in [2.45, 2.75) is 40.0 Å². The molecule has 0 aliphatic rings. The summed E-state index contributed by atoms with van der Waals surface area (Å²) >= 11 is 0. The summed E-state index contributed by atoms with van der Waals surface area (Å²) in [5.74, 6) is 0. The number of pyridine rings is 2. The third-order valence-corrected chi connectivity index (χ3v) is 13.6. The third kappa shape index (κ3) is 9.95. The van der Waals surface area contributed by atoms with E-state index in [2.05, 4.69) is 234 Å². The Kier molecular flexibility index (Phi) is 14.3. The monoisotopic (exact) mass is 1130 g/mol. The maximum atomic E-state index is 6.91. The Balaban J connectivity index is 0.000000315. The van der Waals surface area contributed by atoms with Gasteiger partial charge < -0.3 is 14.4 Å². The minimum Gasteiger partial charge on any atom is -0.455 e. The SMILES string of the molecule is CC(C)(C)c1c[c-]c(-c2ccccn2)cc1.Cc1ccc(-c2c(-c3ccc(C)cc3)c(-c3ccccc3)c(-c3cccc4c3oc3ccccc34)c(-c3ccc(-c4[c-]cccc4)nc3)c2-c2ccccc2)cc1.[Ir]. The molecule has 3 nitrogen and oxygen atoms in total. The molecule has 0 N–H and O–H groups in total. The van der Waals surface area contributed by atoms with E-state index in [1.54, 1.807) is 6.20 Å². The van der Waals surface area contributed by atoms with Crippen molar-refractivity contribution in [3.63, 3.8) is 0 Å². The summed E-state index contributed by atoms with van der Waals surface area (Å²) in [6.45, 7) is 10.9. The molecule has 0 aliphatic heterocycles. The van der Waals surface area contributed by atoms with Crippen molar-refractivity contribution >= 4 is 21.9 Å². The first-order valence-electron chi connectivity index (χ1n) is 25.0. The van der Waals surface area contributed by atoms with E-state index in [1.165, 1.54) is 27.8 Å². The van der Waals surface area contributed by atoms with Gasteiger partial charge in [0.05, 0.1) is 0 Å². The van der Waals surface area contributed by atoms with E-state index in [-0.39, 0.29) is 25.5 Å². The molecule has 0 saturated heterocycles. The Bertz CT molecular complexity index is 3830. The van der Waals surface area contributed by atoms with Crippen LogP contribution in [0.4, 0.5) is 0 Å². The fraction of sp³-hybridized carbons (Fsp3) is 0.0857. The zero-order chi connectivity index (χ0) is 49.9. The Hall–Kier alpha value is -8.27. The van der Waals surface area contributed by atoms with Crippen LogP contribution in [0.15, 0.2) is 241 Å². The summed E-state index contributed by atoms with van der Waals surface area (Å²) in [6, 6.07) is 85.9. The number of aromatic nitrogens is 2. The largest absolute Gasteiger partial charge is 0.455 e. The molecule has 0 unspecified atom stereocenters. The molecule has 0 atom stereocenters. The van der Waals surface area contributed by atoms with E-state index >= 15 is 0 Å². The van der Waals surface area contributed by atoms with Gasteiger partial charge in [-0.3, -0.25) is 0 Å². The Morgan fingerprint density at radius 1 is 0.405 bits per heavy atom. The summed E-state index contributed by atoms with van der Waals surface area (Å²) in [7, 11) is 0. The average Bonchev–Trinajstić information content (AvgIpc) is 3.83. The van der Waals surface area contributed by atoms with Crippen molar-refractivity contribution in [2.24, 2.45) is 0 Å². The summed E-state index contributed by atoms with van der Waals surface area (Å²) in [6.07, 6.45) is 3.85. The maximum absolute atomic E-state index is 6.91. The van der Waals surface area contributed by atoms with Crippen molar-refractivity contribution < 1.29 is 24.5 Å². The second-order valence-corrected chi connectivity index (χ2v) is 19.7. The van der Waals surface area contributed by atoms with Crippen LogP contribution in [0.3, 0.4) is 0 Å². The molecule has 0 fully saturated rings. The second kappa shape index (κ2) is 21.4. The number of benzene rings is 9. The van der Waals surface area contributed by atoms with Gasteiger partial charge in [0.1, 0.15) is 11.2 Å². The van der Waals surface area contributed by atoms with Gasteiger partial charge in [0, 0.05) is 60.0 Å². The number of furan rings is 1. The first-order chi connectivity index (χ1) is 35.7. The predicted molar refractivity (Wildman–Crippen MR) is 305 cm³/mol. The molecule has 12 aromatic rings. The standard InChI is InChI=1S/C55H38NO.C15H16N.Ir/c1-36-25-29-41(30-26-36)50-49(39-17-8-4-9-18-39)53(43-33-34-47(56-35-43)38-15-6-3-7-16-38)54(46-23-14-22-45-44-21-12-13-24-48(44)57-55(45)46)52(40-19-10-5-11-20-40)51(50)42-31-27-37(2)28-32-42;1-15(2,3)13-9-7-12(8-10-13)14-6-4-5-11-16-14;/h3-15,17-35H,1-2H3;4-7,9-11H,1-3H3;/q2*-1;. The molecule has 0 bridgehead atoms. The van der Waals surface area contributed by atoms with E-state index in [9.17, 15) is 0 Å². The summed E-state index contributed by atoms with van der Waals surface area (Å²) < 4.78 is 6.91. The normalized spacial score (nSPS) is 11.2. The van der Waals surface area contributed by atoms with Crippen LogP contribution in [-0.4, -0.2) is 9.97 Å². The molecule has 74 heavy (non-hydrogen) atoms. The Morgan fingerprint density at radius 2 is 0.932 bits per heavy atom. The van der Waals surface area contributed by atoms with Gasteiger partial charge in [-0.05, 0) is 92.9 Å². The molecule has 12 rings (SSSR count). The van der Waals surface area contributed by atoms with Crippen LogP contribution >= 0.6 is 0 Å². The first-order valence-corrected chi connectivity index (χ1v) is 25.0. The van der Waals surface area contributed by atoms with E-state index in [1.807, 2.05) is 48.7 Å². The van der Waals surface area contributed by atoms with E-state index in [0.717, 1.165) is 100 Å². The molecule has 4 heteroatoms. The smallest absolute Gasteiger partial charge is 0.143 e.